The van der Waals surface area contributed by atoms with Crippen LogP contribution in [0, 0.1) is 11.6 Å². The topological polar surface area (TPSA) is 45.5 Å². The van der Waals surface area contributed by atoms with E-state index in [0.717, 1.165) is 78.7 Å². The summed E-state index contributed by atoms with van der Waals surface area (Å²) in [5, 5.41) is 3.45. The van der Waals surface area contributed by atoms with Gasteiger partial charge in [-0.25, -0.2) is 13.8 Å². The maximum atomic E-state index is 14.3. The van der Waals surface area contributed by atoms with Crippen molar-refractivity contribution in [1.29, 1.82) is 0 Å². The molecule has 2 atom stereocenters. The molecule has 2 aliphatic heterocycles. The van der Waals surface area contributed by atoms with E-state index < -0.39 is 11.6 Å². The minimum absolute atomic E-state index is 0.179. The summed E-state index contributed by atoms with van der Waals surface area (Å²) in [5.74, 6) is -0.853. The summed E-state index contributed by atoms with van der Waals surface area (Å²) in [6, 6.07) is 10.4. The Morgan fingerprint density at radius 1 is 1.18 bits per heavy atom. The van der Waals surface area contributed by atoms with Gasteiger partial charge in [0.05, 0.1) is 29.7 Å². The van der Waals surface area contributed by atoms with E-state index in [1.807, 2.05) is 4.90 Å². The third-order valence-corrected chi connectivity index (χ3v) is 7.67. The number of fused-ring (bicyclic) bond motifs is 1. The van der Waals surface area contributed by atoms with E-state index in [9.17, 15) is 8.78 Å². The highest BCUT2D eigenvalue weighted by atomic mass is 19.2. The number of allylic oxidation sites excluding steroid dienone is 2. The molecular formula is C31H35F2N5. The summed E-state index contributed by atoms with van der Waals surface area (Å²) in [6.07, 6.45) is 5.17. The molecule has 1 saturated heterocycles. The Balaban J connectivity index is 1.68. The SMILES string of the molecule is C=CN(c1ccc(F)c(F)c1)[C@@H](CCC)c1nc2cc(C3=C(C)CN=C3C)ccc2n1C1CCC(=C)NC1. The second-order valence-corrected chi connectivity index (χ2v) is 10.3. The van der Waals surface area contributed by atoms with Crippen molar-refractivity contribution in [2.45, 2.75) is 58.5 Å². The van der Waals surface area contributed by atoms with Crippen LogP contribution >= 0.6 is 0 Å². The van der Waals surface area contributed by atoms with Gasteiger partial charge in [-0.15, -0.1) is 0 Å². The first-order valence-corrected chi connectivity index (χ1v) is 13.3. The van der Waals surface area contributed by atoms with Crippen LogP contribution in [0.25, 0.3) is 16.6 Å². The van der Waals surface area contributed by atoms with E-state index in [-0.39, 0.29) is 12.1 Å². The maximum Gasteiger partial charge on any atom is 0.160 e. The zero-order valence-corrected chi connectivity index (χ0v) is 22.4. The van der Waals surface area contributed by atoms with Crippen LogP contribution in [0.5, 0.6) is 0 Å². The lowest BCUT2D eigenvalue weighted by molar-refractivity contribution is 0.391. The smallest absolute Gasteiger partial charge is 0.160 e. The average molecular weight is 516 g/mol. The Hall–Kier alpha value is -3.74. The predicted molar refractivity (Wildman–Crippen MR) is 152 cm³/mol. The van der Waals surface area contributed by atoms with Crippen molar-refractivity contribution in [3.05, 3.63) is 90.0 Å². The van der Waals surface area contributed by atoms with E-state index >= 15 is 0 Å². The van der Waals surface area contributed by atoms with Gasteiger partial charge in [0.25, 0.3) is 0 Å². The molecule has 0 amide bonds. The molecule has 1 unspecified atom stereocenters. The molecule has 2 aromatic carbocycles. The molecule has 1 fully saturated rings. The summed E-state index contributed by atoms with van der Waals surface area (Å²) in [6.45, 7) is 15.9. The molecule has 3 aromatic rings. The number of nitrogens with one attached hydrogen (secondary N) is 1. The molecule has 0 radical (unpaired) electrons. The minimum Gasteiger partial charge on any atom is -0.387 e. The monoisotopic (exact) mass is 515 g/mol. The van der Waals surface area contributed by atoms with Crippen LogP contribution < -0.4 is 10.2 Å². The minimum atomic E-state index is -0.880. The molecule has 38 heavy (non-hydrogen) atoms. The lowest BCUT2D eigenvalue weighted by Crippen LogP contribution is -2.33. The molecule has 0 bridgehead atoms. The Bertz CT molecular complexity index is 1450. The summed E-state index contributed by atoms with van der Waals surface area (Å²) in [4.78, 5) is 11.8. The van der Waals surface area contributed by atoms with Gasteiger partial charge >= 0.3 is 0 Å². The Labute approximate surface area is 223 Å². The van der Waals surface area contributed by atoms with E-state index in [1.54, 1.807) is 12.3 Å². The number of anilines is 1. The van der Waals surface area contributed by atoms with Crippen molar-refractivity contribution in [2.75, 3.05) is 18.0 Å². The van der Waals surface area contributed by atoms with Crippen LogP contribution in [0.15, 0.2) is 72.0 Å². The number of hydrogen-bond acceptors (Lipinski definition) is 4. The van der Waals surface area contributed by atoms with E-state index in [1.165, 1.54) is 17.2 Å². The van der Waals surface area contributed by atoms with Crippen LogP contribution in [-0.2, 0) is 0 Å². The second-order valence-electron chi connectivity index (χ2n) is 10.3. The second kappa shape index (κ2) is 10.6. The van der Waals surface area contributed by atoms with Gasteiger partial charge in [0.2, 0.25) is 0 Å². The molecule has 1 N–H and O–H groups in total. The number of benzene rings is 2. The van der Waals surface area contributed by atoms with Crippen LogP contribution in [0.3, 0.4) is 0 Å². The van der Waals surface area contributed by atoms with Gasteiger partial charge in [0.1, 0.15) is 5.82 Å². The zero-order chi connectivity index (χ0) is 27.0. The number of piperidine rings is 1. The van der Waals surface area contributed by atoms with Crippen LogP contribution in [0.4, 0.5) is 14.5 Å². The number of imidazole rings is 1. The fourth-order valence-electron chi connectivity index (χ4n) is 5.79. The Kier molecular flexibility index (Phi) is 7.19. The van der Waals surface area contributed by atoms with Crippen molar-refractivity contribution in [3.8, 4) is 0 Å². The standard InChI is InChI=1S/C31H35F2N5/c1-6-8-29(37(7-2)23-12-13-25(32)26(33)16-23)31-36-27-15-22(30-19(3)17-35-21(30)5)10-14-28(27)38(31)24-11-9-20(4)34-18-24/h7,10,12-16,24,29,34H,2,4,6,8-9,11,17-18H2,1,3,5H3/t24?,29-/m0/s1. The zero-order valence-electron chi connectivity index (χ0n) is 22.4. The fraction of sp³-hybridized carbons (Fsp3) is 0.355. The summed E-state index contributed by atoms with van der Waals surface area (Å²) < 4.78 is 30.4. The van der Waals surface area contributed by atoms with E-state index in [0.29, 0.717) is 5.69 Å². The first-order valence-electron chi connectivity index (χ1n) is 13.3. The van der Waals surface area contributed by atoms with E-state index in [2.05, 4.69) is 67.0 Å². The third kappa shape index (κ3) is 4.66. The highest BCUT2D eigenvalue weighted by Crippen LogP contribution is 2.38. The molecule has 2 aliphatic rings. The fourth-order valence-corrected chi connectivity index (χ4v) is 5.79. The van der Waals surface area contributed by atoms with Crippen LogP contribution in [0.2, 0.25) is 0 Å². The largest absolute Gasteiger partial charge is 0.387 e. The lowest BCUT2D eigenvalue weighted by atomic mass is 9.98. The van der Waals surface area contributed by atoms with Gasteiger partial charge in [-0.3, -0.25) is 4.99 Å². The highest BCUT2D eigenvalue weighted by molar-refractivity contribution is 6.25. The Morgan fingerprint density at radius 3 is 2.63 bits per heavy atom. The van der Waals surface area contributed by atoms with Gasteiger partial charge in [0, 0.05) is 35.3 Å². The van der Waals surface area contributed by atoms with Crippen LogP contribution in [0.1, 0.15) is 69.9 Å². The van der Waals surface area contributed by atoms with Gasteiger partial charge in [0.15, 0.2) is 11.6 Å². The molecule has 3 heterocycles. The molecule has 0 saturated carbocycles. The number of hydrogen-bond donors (Lipinski definition) is 1. The average Bonchev–Trinajstić information content (AvgIpc) is 3.45. The maximum absolute atomic E-state index is 14.3. The first kappa shape index (κ1) is 25.9. The molecule has 0 aliphatic carbocycles. The number of halogens is 2. The van der Waals surface area contributed by atoms with Crippen molar-refractivity contribution in [1.82, 2.24) is 14.9 Å². The van der Waals surface area contributed by atoms with Crippen molar-refractivity contribution in [3.63, 3.8) is 0 Å². The molecule has 0 spiro atoms. The number of rotatable bonds is 8. The predicted octanol–water partition coefficient (Wildman–Crippen LogP) is 7.49. The lowest BCUT2D eigenvalue weighted by Gasteiger charge is -2.34. The third-order valence-electron chi connectivity index (χ3n) is 7.67. The van der Waals surface area contributed by atoms with Crippen molar-refractivity contribution >= 4 is 28.0 Å². The molecule has 7 heteroatoms. The molecule has 198 valence electrons. The number of aromatic nitrogens is 2. The molecule has 5 nitrogen and oxygen atoms in total. The van der Waals surface area contributed by atoms with Crippen molar-refractivity contribution < 1.29 is 8.78 Å². The van der Waals surface area contributed by atoms with E-state index in [4.69, 9.17) is 4.98 Å². The highest BCUT2D eigenvalue weighted by Gasteiger charge is 2.30. The number of aliphatic imine (C=N–C) groups is 1. The van der Waals surface area contributed by atoms with Gasteiger partial charge < -0.3 is 14.8 Å². The summed E-state index contributed by atoms with van der Waals surface area (Å²) in [7, 11) is 0. The summed E-state index contributed by atoms with van der Waals surface area (Å²) in [5.41, 5.74) is 8.19. The molecule has 1 aromatic heterocycles. The van der Waals surface area contributed by atoms with Gasteiger partial charge in [-0.05, 0) is 74.7 Å². The quantitative estimate of drug-likeness (QED) is 0.338. The summed E-state index contributed by atoms with van der Waals surface area (Å²) >= 11 is 0. The number of nitrogens with zero attached hydrogens (tertiary/aromatic N) is 4. The first-order chi connectivity index (χ1) is 18.3. The van der Waals surface area contributed by atoms with Gasteiger partial charge in [-0.2, -0.15) is 0 Å². The Morgan fingerprint density at radius 2 is 2.00 bits per heavy atom. The van der Waals surface area contributed by atoms with Crippen LogP contribution in [-0.4, -0.2) is 28.4 Å². The van der Waals surface area contributed by atoms with Crippen molar-refractivity contribution in [2.24, 2.45) is 4.99 Å². The normalized spacial score (nSPS) is 18.5. The molecular weight excluding hydrogens is 480 g/mol. The molecule has 5 rings (SSSR count). The van der Waals surface area contributed by atoms with Gasteiger partial charge in [-0.1, -0.05) is 32.6 Å².